The van der Waals surface area contributed by atoms with E-state index in [0.29, 0.717) is 0 Å². The molecule has 0 aliphatic heterocycles. The maximum atomic E-state index is 8.66. The Labute approximate surface area is 84.5 Å². The lowest BCUT2D eigenvalue weighted by atomic mass is 10.1. The first-order valence-electron chi connectivity index (χ1n) is 4.81. The first kappa shape index (κ1) is 10.9. The molecule has 0 radical (unpaired) electrons. The second-order valence-corrected chi connectivity index (χ2v) is 3.25. The molecule has 0 aliphatic rings. The van der Waals surface area contributed by atoms with Crippen molar-refractivity contribution in [2.24, 2.45) is 0 Å². The van der Waals surface area contributed by atoms with E-state index >= 15 is 0 Å². The molecule has 3 heteroatoms. The second-order valence-electron chi connectivity index (χ2n) is 3.25. The highest BCUT2D eigenvalue weighted by Crippen LogP contribution is 2.20. The van der Waals surface area contributed by atoms with E-state index in [1.807, 2.05) is 18.2 Å². The monoisotopic (exact) mass is 195 g/mol. The van der Waals surface area contributed by atoms with Crippen LogP contribution >= 0.6 is 0 Å². The van der Waals surface area contributed by atoms with Crippen molar-refractivity contribution in [2.75, 3.05) is 19.5 Å². The summed E-state index contributed by atoms with van der Waals surface area (Å²) < 4.78 is 5.11. The average Bonchev–Trinajstić information content (AvgIpc) is 2.21. The zero-order valence-corrected chi connectivity index (χ0v) is 8.49. The highest BCUT2D eigenvalue weighted by atomic mass is 16.5. The maximum Gasteiger partial charge on any atom is 0.119 e. The molecular formula is C11H17NO2. The van der Waals surface area contributed by atoms with Crippen LogP contribution in [0.3, 0.4) is 0 Å². The van der Waals surface area contributed by atoms with Gasteiger partial charge in [-0.1, -0.05) is 0 Å². The van der Waals surface area contributed by atoms with Crippen molar-refractivity contribution in [3.63, 3.8) is 0 Å². The molecule has 78 valence electrons. The predicted octanol–water partition coefficient (Wildman–Crippen LogP) is 1.59. The number of anilines is 1. The molecule has 0 amide bonds. The van der Waals surface area contributed by atoms with Gasteiger partial charge in [0.1, 0.15) is 5.75 Å². The molecule has 3 nitrogen and oxygen atoms in total. The fourth-order valence-electron chi connectivity index (χ4n) is 1.35. The summed E-state index contributed by atoms with van der Waals surface area (Å²) >= 11 is 0. The number of aryl methyl sites for hydroxylation is 1. The molecular weight excluding hydrogens is 178 g/mol. The van der Waals surface area contributed by atoms with Crippen LogP contribution in [0, 0.1) is 0 Å². The third-order valence-electron chi connectivity index (χ3n) is 2.20. The molecule has 0 atom stereocenters. The zero-order chi connectivity index (χ0) is 10.4. The number of benzene rings is 1. The first-order chi connectivity index (χ1) is 6.77. The SMILES string of the molecule is COc1ccc(N)c(CCCCO)c1. The second kappa shape index (κ2) is 5.50. The summed E-state index contributed by atoms with van der Waals surface area (Å²) in [6.07, 6.45) is 2.66. The number of aliphatic hydroxyl groups is 1. The molecule has 0 fully saturated rings. The van der Waals surface area contributed by atoms with Crippen LogP contribution in [0.4, 0.5) is 5.69 Å². The van der Waals surface area contributed by atoms with E-state index in [0.717, 1.165) is 36.3 Å². The molecule has 0 unspecified atom stereocenters. The van der Waals surface area contributed by atoms with E-state index < -0.39 is 0 Å². The smallest absolute Gasteiger partial charge is 0.119 e. The van der Waals surface area contributed by atoms with Crippen molar-refractivity contribution in [1.82, 2.24) is 0 Å². The highest BCUT2D eigenvalue weighted by molar-refractivity contribution is 5.50. The molecule has 1 rings (SSSR count). The van der Waals surface area contributed by atoms with Crippen LogP contribution in [0.1, 0.15) is 18.4 Å². The lowest BCUT2D eigenvalue weighted by molar-refractivity contribution is 0.284. The number of unbranched alkanes of at least 4 members (excludes halogenated alkanes) is 1. The van der Waals surface area contributed by atoms with Crippen molar-refractivity contribution in [2.45, 2.75) is 19.3 Å². The summed E-state index contributed by atoms with van der Waals surface area (Å²) in [6, 6.07) is 5.66. The van der Waals surface area contributed by atoms with Gasteiger partial charge in [-0.3, -0.25) is 0 Å². The van der Waals surface area contributed by atoms with E-state index in [2.05, 4.69) is 0 Å². The minimum atomic E-state index is 0.240. The molecule has 3 N–H and O–H groups in total. The van der Waals surface area contributed by atoms with E-state index in [1.165, 1.54) is 0 Å². The normalized spacial score (nSPS) is 10.1. The van der Waals surface area contributed by atoms with Gasteiger partial charge >= 0.3 is 0 Å². The lowest BCUT2D eigenvalue weighted by Gasteiger charge is -2.07. The number of hydrogen-bond donors (Lipinski definition) is 2. The zero-order valence-electron chi connectivity index (χ0n) is 8.49. The molecule has 0 aromatic heterocycles. The van der Waals surface area contributed by atoms with Gasteiger partial charge in [-0.05, 0) is 43.0 Å². The summed E-state index contributed by atoms with van der Waals surface area (Å²) in [5.74, 6) is 0.832. The molecule has 0 saturated carbocycles. The number of nitrogens with two attached hydrogens (primary N) is 1. The van der Waals surface area contributed by atoms with Crippen LogP contribution in [0.25, 0.3) is 0 Å². The summed E-state index contributed by atoms with van der Waals surface area (Å²) in [4.78, 5) is 0. The van der Waals surface area contributed by atoms with Crippen LogP contribution in [0.2, 0.25) is 0 Å². The Hall–Kier alpha value is -1.22. The van der Waals surface area contributed by atoms with E-state index in [1.54, 1.807) is 7.11 Å². The molecule has 1 aromatic rings. The lowest BCUT2D eigenvalue weighted by Crippen LogP contribution is -1.96. The van der Waals surface area contributed by atoms with Crippen LogP contribution < -0.4 is 10.5 Å². The van der Waals surface area contributed by atoms with Gasteiger partial charge in [0.05, 0.1) is 7.11 Å². The van der Waals surface area contributed by atoms with Gasteiger partial charge < -0.3 is 15.6 Å². The van der Waals surface area contributed by atoms with Crippen molar-refractivity contribution < 1.29 is 9.84 Å². The summed E-state index contributed by atoms with van der Waals surface area (Å²) in [5, 5.41) is 8.66. The number of methoxy groups -OCH3 is 1. The Morgan fingerprint density at radius 2 is 2.14 bits per heavy atom. The van der Waals surface area contributed by atoms with Crippen LogP contribution in [-0.2, 0) is 6.42 Å². The van der Waals surface area contributed by atoms with Gasteiger partial charge in [0, 0.05) is 12.3 Å². The molecule has 0 spiro atoms. The van der Waals surface area contributed by atoms with Gasteiger partial charge in [-0.15, -0.1) is 0 Å². The van der Waals surface area contributed by atoms with E-state index in [9.17, 15) is 0 Å². The highest BCUT2D eigenvalue weighted by Gasteiger charge is 2.01. The maximum absolute atomic E-state index is 8.66. The third kappa shape index (κ3) is 2.92. The molecule has 1 aromatic carbocycles. The van der Waals surface area contributed by atoms with Gasteiger partial charge in [0.2, 0.25) is 0 Å². The fraction of sp³-hybridized carbons (Fsp3) is 0.455. The van der Waals surface area contributed by atoms with Crippen molar-refractivity contribution >= 4 is 5.69 Å². The van der Waals surface area contributed by atoms with Crippen molar-refractivity contribution in [1.29, 1.82) is 0 Å². The van der Waals surface area contributed by atoms with Gasteiger partial charge in [0.25, 0.3) is 0 Å². The topological polar surface area (TPSA) is 55.5 Å². The van der Waals surface area contributed by atoms with Gasteiger partial charge in [0.15, 0.2) is 0 Å². The Kier molecular flexibility index (Phi) is 4.26. The molecule has 0 heterocycles. The first-order valence-corrected chi connectivity index (χ1v) is 4.81. The third-order valence-corrected chi connectivity index (χ3v) is 2.20. The Morgan fingerprint density at radius 1 is 1.36 bits per heavy atom. The predicted molar refractivity (Wildman–Crippen MR) is 57.4 cm³/mol. The minimum Gasteiger partial charge on any atom is -0.497 e. The van der Waals surface area contributed by atoms with Crippen LogP contribution in [0.15, 0.2) is 18.2 Å². The molecule has 0 bridgehead atoms. The fourth-order valence-corrected chi connectivity index (χ4v) is 1.35. The standard InChI is InChI=1S/C11H17NO2/c1-14-10-5-6-11(12)9(8-10)4-2-3-7-13/h5-6,8,13H,2-4,7,12H2,1H3. The number of aliphatic hydroxyl groups excluding tert-OH is 1. The summed E-state index contributed by atoms with van der Waals surface area (Å²) in [6.45, 7) is 0.240. The molecule has 0 aliphatic carbocycles. The number of nitrogen functional groups attached to an aromatic ring is 1. The number of ether oxygens (including phenoxy) is 1. The van der Waals surface area contributed by atoms with Crippen LogP contribution in [-0.4, -0.2) is 18.8 Å². The summed E-state index contributed by atoms with van der Waals surface area (Å²) in [7, 11) is 1.64. The Balaban J connectivity index is 2.64. The van der Waals surface area contributed by atoms with E-state index in [4.69, 9.17) is 15.6 Å². The minimum absolute atomic E-state index is 0.240. The number of hydrogen-bond acceptors (Lipinski definition) is 3. The van der Waals surface area contributed by atoms with Crippen molar-refractivity contribution in [3.8, 4) is 5.75 Å². The molecule has 14 heavy (non-hydrogen) atoms. The number of rotatable bonds is 5. The molecule has 0 saturated heterocycles. The van der Waals surface area contributed by atoms with Gasteiger partial charge in [-0.25, -0.2) is 0 Å². The van der Waals surface area contributed by atoms with Crippen LogP contribution in [0.5, 0.6) is 5.75 Å². The summed E-state index contributed by atoms with van der Waals surface area (Å²) in [5.41, 5.74) is 7.70. The van der Waals surface area contributed by atoms with E-state index in [-0.39, 0.29) is 6.61 Å². The largest absolute Gasteiger partial charge is 0.497 e. The Bertz CT molecular complexity index is 287. The van der Waals surface area contributed by atoms with Crippen molar-refractivity contribution in [3.05, 3.63) is 23.8 Å². The van der Waals surface area contributed by atoms with Gasteiger partial charge in [-0.2, -0.15) is 0 Å². The quantitative estimate of drug-likeness (QED) is 0.554. The Morgan fingerprint density at radius 3 is 2.79 bits per heavy atom. The average molecular weight is 195 g/mol.